The highest BCUT2D eigenvalue weighted by Crippen LogP contribution is 2.14. The van der Waals surface area contributed by atoms with Gasteiger partial charge in [0.2, 0.25) is 0 Å². The predicted molar refractivity (Wildman–Crippen MR) is 75.2 cm³/mol. The zero-order chi connectivity index (χ0) is 14.3. The number of methoxy groups -OCH3 is 1. The van der Waals surface area contributed by atoms with E-state index >= 15 is 0 Å². The Morgan fingerprint density at radius 3 is 2.84 bits per heavy atom. The molecule has 5 nitrogen and oxygen atoms in total. The topological polar surface area (TPSA) is 50.8 Å². The molecule has 0 radical (unpaired) electrons. The Bertz CT molecular complexity index is 286. The smallest absolute Gasteiger partial charge is 0.327 e. The molecule has 0 aromatic heterocycles. The summed E-state index contributed by atoms with van der Waals surface area (Å²) in [6, 6.07) is 0. The Hall–Kier alpha value is -0.650. The van der Waals surface area contributed by atoms with Crippen molar-refractivity contribution < 1.29 is 14.3 Å². The Balaban J connectivity index is 2.63. The summed E-state index contributed by atoms with van der Waals surface area (Å²) in [4.78, 5) is 14.3. The first-order chi connectivity index (χ1) is 9.05. The van der Waals surface area contributed by atoms with Crippen LogP contribution in [0.15, 0.2) is 0 Å². The zero-order valence-corrected chi connectivity index (χ0v) is 12.7. The van der Waals surface area contributed by atoms with Gasteiger partial charge in [0.25, 0.3) is 0 Å². The molecule has 5 heteroatoms. The number of carbonyl (C=O) groups excluding carboxylic acids is 1. The molecule has 1 aliphatic rings. The second kappa shape index (κ2) is 7.82. The quantitative estimate of drug-likeness (QED) is 0.702. The molecule has 0 bridgehead atoms. The van der Waals surface area contributed by atoms with Crippen LogP contribution in [0.2, 0.25) is 0 Å². The lowest BCUT2D eigenvalue weighted by molar-refractivity contribution is -0.149. The number of esters is 1. The molecule has 1 fully saturated rings. The summed E-state index contributed by atoms with van der Waals surface area (Å²) in [5.74, 6) is -0.194. The second-order valence-electron chi connectivity index (χ2n) is 5.39. The van der Waals surface area contributed by atoms with Crippen LogP contribution in [0.25, 0.3) is 0 Å². The van der Waals surface area contributed by atoms with Crippen LogP contribution in [0.3, 0.4) is 0 Å². The summed E-state index contributed by atoms with van der Waals surface area (Å²) in [7, 11) is 1.45. The molecule has 1 saturated heterocycles. The number of nitrogens with one attached hydrogen (secondary N) is 1. The van der Waals surface area contributed by atoms with Gasteiger partial charge in [-0.2, -0.15) is 0 Å². The Kier molecular flexibility index (Phi) is 6.75. The van der Waals surface area contributed by atoms with E-state index in [4.69, 9.17) is 9.47 Å². The summed E-state index contributed by atoms with van der Waals surface area (Å²) in [5, 5.41) is 3.32. The molecule has 0 amide bonds. The highest BCUT2D eigenvalue weighted by Gasteiger charge is 2.36. The van der Waals surface area contributed by atoms with E-state index in [1.165, 1.54) is 7.11 Å². The van der Waals surface area contributed by atoms with Crippen LogP contribution in [0.1, 0.15) is 33.6 Å². The van der Waals surface area contributed by atoms with Crippen LogP contribution in [-0.2, 0) is 14.3 Å². The summed E-state index contributed by atoms with van der Waals surface area (Å²) in [6.07, 6.45) is 2.28. The third-order valence-corrected chi connectivity index (χ3v) is 3.62. The van der Waals surface area contributed by atoms with Crippen LogP contribution < -0.4 is 5.32 Å². The normalized spacial score (nSPS) is 23.9. The van der Waals surface area contributed by atoms with Crippen molar-refractivity contribution in [2.45, 2.75) is 45.3 Å². The maximum atomic E-state index is 12.0. The maximum absolute atomic E-state index is 12.0. The van der Waals surface area contributed by atoms with Crippen molar-refractivity contribution >= 4 is 5.97 Å². The van der Waals surface area contributed by atoms with Gasteiger partial charge in [0.1, 0.15) is 5.54 Å². The van der Waals surface area contributed by atoms with Crippen molar-refractivity contribution in [1.82, 2.24) is 10.2 Å². The van der Waals surface area contributed by atoms with Gasteiger partial charge in [0.05, 0.1) is 19.8 Å². The average Bonchev–Trinajstić information content (AvgIpc) is 2.44. The van der Waals surface area contributed by atoms with Crippen molar-refractivity contribution in [1.29, 1.82) is 0 Å². The molecule has 1 rings (SSSR count). The average molecular weight is 272 g/mol. The Morgan fingerprint density at radius 1 is 1.53 bits per heavy atom. The van der Waals surface area contributed by atoms with Crippen LogP contribution in [0.4, 0.5) is 0 Å². The van der Waals surface area contributed by atoms with E-state index in [2.05, 4.69) is 24.1 Å². The highest BCUT2D eigenvalue weighted by atomic mass is 16.5. The molecule has 1 aliphatic heterocycles. The van der Waals surface area contributed by atoms with Gasteiger partial charge in [-0.25, -0.2) is 0 Å². The number of carbonyl (C=O) groups is 1. The van der Waals surface area contributed by atoms with Crippen molar-refractivity contribution in [3.8, 4) is 0 Å². The molecule has 0 saturated carbocycles. The fourth-order valence-electron chi connectivity index (χ4n) is 2.44. The van der Waals surface area contributed by atoms with E-state index in [1.807, 2.05) is 6.92 Å². The number of morpholine rings is 1. The van der Waals surface area contributed by atoms with Crippen molar-refractivity contribution in [3.63, 3.8) is 0 Å². The SMILES string of the molecule is CCCNC(C)(CN1CCOC(CC)C1)C(=O)OC. The number of hydrogen-bond donors (Lipinski definition) is 1. The van der Waals surface area contributed by atoms with Gasteiger partial charge in [-0.05, 0) is 26.3 Å². The predicted octanol–water partition coefficient (Wildman–Crippen LogP) is 1.03. The molecule has 0 aliphatic carbocycles. The molecule has 112 valence electrons. The van der Waals surface area contributed by atoms with Gasteiger partial charge in [-0.3, -0.25) is 9.69 Å². The van der Waals surface area contributed by atoms with E-state index in [0.29, 0.717) is 6.54 Å². The first-order valence-corrected chi connectivity index (χ1v) is 7.23. The van der Waals surface area contributed by atoms with E-state index < -0.39 is 5.54 Å². The fraction of sp³-hybridized carbons (Fsp3) is 0.929. The molecular weight excluding hydrogens is 244 g/mol. The highest BCUT2D eigenvalue weighted by molar-refractivity contribution is 5.80. The molecule has 1 heterocycles. The largest absolute Gasteiger partial charge is 0.468 e. The first kappa shape index (κ1) is 16.4. The number of ether oxygens (including phenoxy) is 2. The fourth-order valence-corrected chi connectivity index (χ4v) is 2.44. The molecule has 2 unspecified atom stereocenters. The van der Waals surface area contributed by atoms with E-state index in [9.17, 15) is 4.79 Å². The van der Waals surface area contributed by atoms with Gasteiger partial charge in [0.15, 0.2) is 0 Å². The third kappa shape index (κ3) is 4.75. The standard InChI is InChI=1S/C14H28N2O3/c1-5-7-15-14(3,13(17)18-4)11-16-8-9-19-12(6-2)10-16/h12,15H,5-11H2,1-4H3. The summed E-state index contributed by atoms with van der Waals surface area (Å²) in [5.41, 5.74) is -0.639. The number of rotatable bonds is 7. The van der Waals surface area contributed by atoms with Crippen molar-refractivity contribution in [2.75, 3.05) is 39.9 Å². The van der Waals surface area contributed by atoms with Gasteiger partial charge in [0, 0.05) is 19.6 Å². The molecule has 2 atom stereocenters. The third-order valence-electron chi connectivity index (χ3n) is 3.62. The van der Waals surface area contributed by atoms with Crippen LogP contribution in [0.5, 0.6) is 0 Å². The van der Waals surface area contributed by atoms with Gasteiger partial charge >= 0.3 is 5.97 Å². The van der Waals surface area contributed by atoms with Gasteiger partial charge in [-0.15, -0.1) is 0 Å². The Labute approximate surface area is 116 Å². The van der Waals surface area contributed by atoms with E-state index in [1.54, 1.807) is 0 Å². The summed E-state index contributed by atoms with van der Waals surface area (Å²) < 4.78 is 10.6. The van der Waals surface area contributed by atoms with E-state index in [0.717, 1.165) is 39.1 Å². The lowest BCUT2D eigenvalue weighted by Gasteiger charge is -2.38. The summed E-state index contributed by atoms with van der Waals surface area (Å²) in [6.45, 7) is 10.1. The molecule has 0 aromatic rings. The lowest BCUT2D eigenvalue weighted by Crippen LogP contribution is -2.59. The van der Waals surface area contributed by atoms with Gasteiger partial charge in [-0.1, -0.05) is 13.8 Å². The van der Waals surface area contributed by atoms with Crippen LogP contribution >= 0.6 is 0 Å². The molecule has 0 spiro atoms. The molecule has 19 heavy (non-hydrogen) atoms. The monoisotopic (exact) mass is 272 g/mol. The summed E-state index contributed by atoms with van der Waals surface area (Å²) >= 11 is 0. The molecular formula is C14H28N2O3. The van der Waals surface area contributed by atoms with Crippen molar-refractivity contribution in [3.05, 3.63) is 0 Å². The minimum Gasteiger partial charge on any atom is -0.468 e. The van der Waals surface area contributed by atoms with E-state index in [-0.39, 0.29) is 12.1 Å². The minimum absolute atomic E-state index is 0.194. The van der Waals surface area contributed by atoms with Crippen LogP contribution in [-0.4, -0.2) is 62.4 Å². The zero-order valence-electron chi connectivity index (χ0n) is 12.7. The van der Waals surface area contributed by atoms with Crippen molar-refractivity contribution in [2.24, 2.45) is 0 Å². The number of nitrogens with zero attached hydrogens (tertiary/aromatic N) is 1. The lowest BCUT2D eigenvalue weighted by atomic mass is 10.0. The van der Waals surface area contributed by atoms with Crippen LogP contribution in [0, 0.1) is 0 Å². The van der Waals surface area contributed by atoms with Gasteiger partial charge < -0.3 is 14.8 Å². The molecule has 1 N–H and O–H groups in total. The Morgan fingerprint density at radius 2 is 2.26 bits per heavy atom. The first-order valence-electron chi connectivity index (χ1n) is 7.23. The minimum atomic E-state index is -0.639. The number of hydrogen-bond acceptors (Lipinski definition) is 5. The molecule has 0 aromatic carbocycles. The maximum Gasteiger partial charge on any atom is 0.327 e. The second-order valence-corrected chi connectivity index (χ2v) is 5.39.